The van der Waals surface area contributed by atoms with Crippen LogP contribution in [0.2, 0.25) is 0 Å². The lowest BCUT2D eigenvalue weighted by molar-refractivity contribution is -0.121. The van der Waals surface area contributed by atoms with E-state index in [1.54, 1.807) is 23.2 Å². The third-order valence-corrected chi connectivity index (χ3v) is 9.09. The number of nitrogens with zero attached hydrogens (tertiary/aromatic N) is 4. The van der Waals surface area contributed by atoms with E-state index in [0.29, 0.717) is 56.0 Å². The molecule has 2 amide bonds. The minimum Gasteiger partial charge on any atom is -0.451 e. The number of pyridine rings is 1. The van der Waals surface area contributed by atoms with Gasteiger partial charge < -0.3 is 34.4 Å². The molecule has 0 saturated carbocycles. The number of H-pyrrole nitrogens is 1. The van der Waals surface area contributed by atoms with E-state index in [0.717, 1.165) is 16.5 Å². The number of nitrogens with one attached hydrogen (secondary N) is 3. The van der Waals surface area contributed by atoms with E-state index in [-0.39, 0.29) is 40.8 Å². The van der Waals surface area contributed by atoms with Gasteiger partial charge in [0.25, 0.3) is 5.91 Å². The molecule has 0 bridgehead atoms. The number of aryl methyl sites for hydroxylation is 1. The summed E-state index contributed by atoms with van der Waals surface area (Å²) in [6.07, 6.45) is 10.1. The summed E-state index contributed by atoms with van der Waals surface area (Å²) in [4.78, 5) is 49.2. The molecule has 2 aliphatic heterocycles. The molecule has 1 saturated heterocycles. The number of hydrogen-bond acceptors (Lipinski definition) is 6. The topological polar surface area (TPSA) is 126 Å². The molecule has 6 aromatic rings. The number of amides is 2. The van der Waals surface area contributed by atoms with Crippen LogP contribution in [-0.2, 0) is 17.8 Å². The van der Waals surface area contributed by atoms with Crippen molar-refractivity contribution in [2.45, 2.75) is 31.8 Å². The first-order chi connectivity index (χ1) is 23.4. The molecule has 8 rings (SSSR count). The normalized spacial score (nSPS) is 15.0. The highest BCUT2D eigenvalue weighted by atomic mass is 19.1. The van der Waals surface area contributed by atoms with Gasteiger partial charge in [-0.25, -0.2) is 9.37 Å². The van der Waals surface area contributed by atoms with Crippen molar-refractivity contribution in [2.75, 3.05) is 24.5 Å². The maximum atomic E-state index is 16.2. The van der Waals surface area contributed by atoms with Gasteiger partial charge in [0.15, 0.2) is 17.3 Å². The molecular formula is C36H32FN7O4. The second-order valence-corrected chi connectivity index (χ2v) is 12.2. The molecule has 0 spiro atoms. The average molecular weight is 646 g/mol. The molecule has 5 heterocycles. The first-order valence-corrected chi connectivity index (χ1v) is 16.0. The summed E-state index contributed by atoms with van der Waals surface area (Å²) in [5, 5.41) is 7.00. The summed E-state index contributed by atoms with van der Waals surface area (Å²) < 4.78 is 26.1. The van der Waals surface area contributed by atoms with Crippen molar-refractivity contribution in [1.29, 1.82) is 0 Å². The summed E-state index contributed by atoms with van der Waals surface area (Å²) in [6, 6.07) is 16.1. The highest BCUT2D eigenvalue weighted by Crippen LogP contribution is 2.47. The number of benzene rings is 3. The maximum Gasteiger partial charge on any atom is 0.256 e. The summed E-state index contributed by atoms with van der Waals surface area (Å²) in [5.74, 6) is -0.602. The number of anilines is 1. The molecule has 3 aromatic carbocycles. The predicted octanol–water partition coefficient (Wildman–Crippen LogP) is 4.67. The lowest BCUT2D eigenvalue weighted by atomic mass is 10.1. The smallest absolute Gasteiger partial charge is 0.256 e. The van der Waals surface area contributed by atoms with E-state index in [4.69, 9.17) is 4.74 Å². The Morgan fingerprint density at radius 1 is 1.10 bits per heavy atom. The average Bonchev–Trinajstić information content (AvgIpc) is 3.87. The lowest BCUT2D eigenvalue weighted by Crippen LogP contribution is -2.38. The number of aromatic nitrogens is 4. The van der Waals surface area contributed by atoms with Crippen LogP contribution in [0.15, 0.2) is 90.5 Å². The van der Waals surface area contributed by atoms with Gasteiger partial charge in [0, 0.05) is 67.9 Å². The van der Waals surface area contributed by atoms with Crippen LogP contribution in [0.1, 0.15) is 28.8 Å². The Labute approximate surface area is 274 Å². The van der Waals surface area contributed by atoms with Gasteiger partial charge in [-0.1, -0.05) is 30.3 Å². The summed E-state index contributed by atoms with van der Waals surface area (Å²) in [7, 11) is 0. The van der Waals surface area contributed by atoms with Crippen LogP contribution < -0.4 is 25.7 Å². The van der Waals surface area contributed by atoms with E-state index < -0.39 is 17.2 Å². The predicted molar refractivity (Wildman–Crippen MR) is 180 cm³/mol. The summed E-state index contributed by atoms with van der Waals surface area (Å²) in [5.41, 5.74) is 2.46. The fourth-order valence-corrected chi connectivity index (χ4v) is 6.80. The lowest BCUT2D eigenvalue weighted by Gasteiger charge is -2.29. The number of para-hydroxylation sites is 3. The van der Waals surface area contributed by atoms with Gasteiger partial charge in [-0.15, -0.1) is 0 Å². The Balaban J connectivity index is 1.07. The fourth-order valence-electron chi connectivity index (χ4n) is 6.80. The van der Waals surface area contributed by atoms with Crippen LogP contribution >= 0.6 is 0 Å². The number of fused-ring (bicyclic) bond motifs is 3. The number of ether oxygens (including phenoxy) is 1. The molecule has 3 aromatic heterocycles. The number of rotatable bonds is 9. The van der Waals surface area contributed by atoms with Crippen molar-refractivity contribution >= 4 is 39.3 Å². The second-order valence-electron chi connectivity index (χ2n) is 12.2. The quantitative estimate of drug-likeness (QED) is 0.196. The molecular weight excluding hydrogens is 613 g/mol. The van der Waals surface area contributed by atoms with Gasteiger partial charge in [0.2, 0.25) is 11.3 Å². The molecule has 2 aliphatic rings. The van der Waals surface area contributed by atoms with Crippen molar-refractivity contribution in [3.05, 3.63) is 113 Å². The standard InChI is InChI=1S/C36H32FN7O4/c37-27-17-25-32-35(33(27)43-14-10-23(19-43)41-31(45)16-22-18-40-28-7-2-1-6-24(22)28)48-30-9-4-3-8-29(30)44(32)20-26(34(25)46)36(47)39-11-5-13-42-15-12-38-21-42/h1-4,6-9,12,15,17-18,20-21,23,40H,5,10-11,13-14,16,19H2,(H,39,47)(H,41,45). The number of aromatic amines is 1. The van der Waals surface area contributed by atoms with Crippen molar-refractivity contribution < 1.29 is 18.7 Å². The van der Waals surface area contributed by atoms with Crippen LogP contribution in [0.3, 0.4) is 0 Å². The highest BCUT2D eigenvalue weighted by molar-refractivity contribution is 6.01. The third-order valence-electron chi connectivity index (χ3n) is 9.09. The number of halogens is 1. The third kappa shape index (κ3) is 5.24. The highest BCUT2D eigenvalue weighted by Gasteiger charge is 2.34. The first-order valence-electron chi connectivity index (χ1n) is 16.0. The van der Waals surface area contributed by atoms with E-state index in [9.17, 15) is 14.4 Å². The minimum atomic E-state index is -0.635. The Morgan fingerprint density at radius 3 is 2.83 bits per heavy atom. The van der Waals surface area contributed by atoms with Crippen LogP contribution in [0.4, 0.5) is 10.1 Å². The van der Waals surface area contributed by atoms with E-state index in [1.165, 1.54) is 12.3 Å². The van der Waals surface area contributed by atoms with E-state index >= 15 is 4.39 Å². The number of hydrogen-bond donors (Lipinski definition) is 3. The molecule has 1 fully saturated rings. The van der Waals surface area contributed by atoms with Gasteiger partial charge in [-0.05, 0) is 42.7 Å². The molecule has 242 valence electrons. The zero-order valence-corrected chi connectivity index (χ0v) is 25.9. The second kappa shape index (κ2) is 12.0. The van der Waals surface area contributed by atoms with Crippen molar-refractivity contribution in [3.63, 3.8) is 0 Å². The van der Waals surface area contributed by atoms with Crippen LogP contribution in [0.5, 0.6) is 11.5 Å². The first kappa shape index (κ1) is 29.5. The molecule has 11 nitrogen and oxygen atoms in total. The zero-order chi connectivity index (χ0) is 32.8. The molecule has 0 radical (unpaired) electrons. The monoisotopic (exact) mass is 645 g/mol. The number of imidazole rings is 1. The van der Waals surface area contributed by atoms with Gasteiger partial charge >= 0.3 is 0 Å². The summed E-state index contributed by atoms with van der Waals surface area (Å²) in [6.45, 7) is 1.85. The zero-order valence-electron chi connectivity index (χ0n) is 25.9. The SMILES string of the molecule is O=C(Cc1c[nH]c2ccccc12)NC1CCN(c2c(F)cc3c(=O)c(C(=O)NCCCn4ccnc4)cn4c3c2Oc2ccccc2-4)C1. The Morgan fingerprint density at radius 2 is 1.96 bits per heavy atom. The summed E-state index contributed by atoms with van der Waals surface area (Å²) >= 11 is 0. The van der Waals surface area contributed by atoms with Gasteiger partial charge in [-0.3, -0.25) is 14.4 Å². The Hall–Kier alpha value is -5.91. The Kier molecular flexibility index (Phi) is 7.39. The largest absolute Gasteiger partial charge is 0.451 e. The van der Waals surface area contributed by atoms with Crippen LogP contribution in [-0.4, -0.2) is 56.6 Å². The van der Waals surface area contributed by atoms with Crippen LogP contribution in [0.25, 0.3) is 27.5 Å². The maximum absolute atomic E-state index is 16.2. The van der Waals surface area contributed by atoms with Crippen molar-refractivity contribution in [3.8, 4) is 17.2 Å². The molecule has 48 heavy (non-hydrogen) atoms. The van der Waals surface area contributed by atoms with E-state index in [1.807, 2.05) is 64.3 Å². The molecule has 0 aliphatic carbocycles. The molecule has 12 heteroatoms. The van der Waals surface area contributed by atoms with Gasteiger partial charge in [0.05, 0.1) is 23.8 Å². The van der Waals surface area contributed by atoms with Gasteiger partial charge in [-0.2, -0.15) is 0 Å². The van der Waals surface area contributed by atoms with Crippen molar-refractivity contribution in [1.82, 2.24) is 29.7 Å². The van der Waals surface area contributed by atoms with Crippen LogP contribution in [0, 0.1) is 5.82 Å². The molecule has 3 N–H and O–H groups in total. The van der Waals surface area contributed by atoms with Crippen molar-refractivity contribution in [2.24, 2.45) is 0 Å². The fraction of sp³-hybridized carbons (Fsp3) is 0.222. The van der Waals surface area contributed by atoms with E-state index in [2.05, 4.69) is 20.6 Å². The number of carbonyl (C=O) groups is 2. The minimum absolute atomic E-state index is 0.0506. The molecule has 1 atom stereocenters. The molecule has 1 unspecified atom stereocenters. The van der Waals surface area contributed by atoms with Gasteiger partial charge in [0.1, 0.15) is 16.8 Å². The Bertz CT molecular complexity index is 2260. The number of carbonyl (C=O) groups excluding carboxylic acids is 2.